The maximum atomic E-state index is 12.6. The topological polar surface area (TPSA) is 55.2 Å². The second kappa shape index (κ2) is 6.86. The maximum Gasteiger partial charge on any atom is 0.275 e. The van der Waals surface area contributed by atoms with E-state index in [0.717, 1.165) is 56.8 Å². The van der Waals surface area contributed by atoms with Gasteiger partial charge in [0.25, 0.3) is 5.91 Å². The number of hydrogen-bond donors (Lipinski definition) is 0. The molecular formula is C18H26N2O4. The van der Waals surface area contributed by atoms with Gasteiger partial charge in [0.2, 0.25) is 0 Å². The van der Waals surface area contributed by atoms with Crippen molar-refractivity contribution in [1.82, 2.24) is 9.96 Å². The molecule has 132 valence electrons. The van der Waals surface area contributed by atoms with Crippen LogP contribution in [0.25, 0.3) is 0 Å². The summed E-state index contributed by atoms with van der Waals surface area (Å²) in [6.07, 6.45) is 3.77. The van der Waals surface area contributed by atoms with E-state index in [-0.39, 0.29) is 18.1 Å². The minimum Gasteiger partial charge on any atom is -0.465 e. The Kier molecular flexibility index (Phi) is 4.61. The molecule has 1 amide bonds. The lowest BCUT2D eigenvalue weighted by molar-refractivity contribution is -0.206. The first-order valence-corrected chi connectivity index (χ1v) is 9.06. The number of amides is 1. The zero-order chi connectivity index (χ0) is 16.5. The van der Waals surface area contributed by atoms with Crippen LogP contribution in [0, 0.1) is 12.8 Å². The molecule has 24 heavy (non-hydrogen) atoms. The standard InChI is InChI=1S/C18H26N2O4/c1-13-4-5-15(23-13)11-19-8-6-14-10-16(24-17(14)12-19)18(21)20-7-2-3-9-22-20/h4-5,14,16-17H,2-3,6-12H2,1H3/t14-,16+,17+/m0/s1. The molecule has 3 atom stereocenters. The summed E-state index contributed by atoms with van der Waals surface area (Å²) >= 11 is 0. The number of nitrogens with zero attached hydrogens (tertiary/aromatic N) is 2. The molecule has 1 aromatic heterocycles. The fourth-order valence-corrected chi connectivity index (χ4v) is 4.02. The Morgan fingerprint density at radius 1 is 1.29 bits per heavy atom. The summed E-state index contributed by atoms with van der Waals surface area (Å²) < 4.78 is 11.8. The minimum atomic E-state index is -0.330. The fraction of sp³-hybridized carbons (Fsp3) is 0.722. The van der Waals surface area contributed by atoms with E-state index in [0.29, 0.717) is 19.1 Å². The number of hydroxylamine groups is 2. The Bertz CT molecular complexity index is 581. The Labute approximate surface area is 142 Å². The molecular weight excluding hydrogens is 308 g/mol. The third kappa shape index (κ3) is 3.36. The quantitative estimate of drug-likeness (QED) is 0.847. The average molecular weight is 334 g/mol. The van der Waals surface area contributed by atoms with E-state index in [4.69, 9.17) is 14.0 Å². The predicted octanol–water partition coefficient (Wildman–Crippen LogP) is 2.12. The summed E-state index contributed by atoms with van der Waals surface area (Å²) in [5, 5.41) is 1.52. The Morgan fingerprint density at radius 2 is 2.21 bits per heavy atom. The molecule has 3 aliphatic rings. The number of aryl methyl sites for hydroxylation is 1. The molecule has 3 fully saturated rings. The van der Waals surface area contributed by atoms with E-state index in [2.05, 4.69) is 4.90 Å². The van der Waals surface area contributed by atoms with Crippen molar-refractivity contribution in [2.24, 2.45) is 5.92 Å². The molecule has 4 heterocycles. The zero-order valence-electron chi connectivity index (χ0n) is 14.3. The van der Waals surface area contributed by atoms with Gasteiger partial charge >= 0.3 is 0 Å². The monoisotopic (exact) mass is 334 g/mol. The van der Waals surface area contributed by atoms with Crippen molar-refractivity contribution < 1.29 is 18.8 Å². The first kappa shape index (κ1) is 16.1. The highest BCUT2D eigenvalue weighted by molar-refractivity contribution is 5.80. The lowest BCUT2D eigenvalue weighted by Crippen LogP contribution is -2.43. The van der Waals surface area contributed by atoms with Crippen molar-refractivity contribution in [3.8, 4) is 0 Å². The SMILES string of the molecule is Cc1ccc(CN2CC[C@H]3C[C@H](C(=O)N4CCCCO4)O[C@@H]3C2)o1. The van der Waals surface area contributed by atoms with Crippen LogP contribution in [0.4, 0.5) is 0 Å². The van der Waals surface area contributed by atoms with Gasteiger partial charge < -0.3 is 9.15 Å². The zero-order valence-corrected chi connectivity index (χ0v) is 14.3. The second-order valence-corrected chi connectivity index (χ2v) is 7.18. The number of hydrogen-bond acceptors (Lipinski definition) is 5. The third-order valence-electron chi connectivity index (χ3n) is 5.34. The van der Waals surface area contributed by atoms with Gasteiger partial charge in [0.1, 0.15) is 17.6 Å². The highest BCUT2D eigenvalue weighted by Gasteiger charge is 2.43. The van der Waals surface area contributed by atoms with Gasteiger partial charge in [0, 0.05) is 13.1 Å². The molecule has 0 bridgehead atoms. The minimum absolute atomic E-state index is 0.0114. The van der Waals surface area contributed by atoms with E-state index in [9.17, 15) is 4.79 Å². The van der Waals surface area contributed by atoms with Crippen molar-refractivity contribution >= 4 is 5.91 Å². The first-order valence-electron chi connectivity index (χ1n) is 9.06. The van der Waals surface area contributed by atoms with Crippen molar-refractivity contribution in [2.45, 2.75) is 51.4 Å². The van der Waals surface area contributed by atoms with Crippen LogP contribution in [-0.4, -0.2) is 54.3 Å². The van der Waals surface area contributed by atoms with Crippen LogP contribution in [0.3, 0.4) is 0 Å². The van der Waals surface area contributed by atoms with Gasteiger partial charge in [-0.1, -0.05) is 0 Å². The van der Waals surface area contributed by atoms with Gasteiger partial charge in [0.05, 0.1) is 19.3 Å². The highest BCUT2D eigenvalue weighted by Crippen LogP contribution is 2.34. The number of rotatable bonds is 3. The molecule has 3 saturated heterocycles. The number of carbonyl (C=O) groups is 1. The number of ether oxygens (including phenoxy) is 1. The van der Waals surface area contributed by atoms with Gasteiger partial charge in [-0.2, -0.15) is 0 Å². The summed E-state index contributed by atoms with van der Waals surface area (Å²) in [5.41, 5.74) is 0. The van der Waals surface area contributed by atoms with Crippen molar-refractivity contribution in [3.63, 3.8) is 0 Å². The summed E-state index contributed by atoms with van der Waals surface area (Å²) in [6, 6.07) is 4.04. The summed E-state index contributed by atoms with van der Waals surface area (Å²) in [4.78, 5) is 20.4. The number of furan rings is 1. The molecule has 6 nitrogen and oxygen atoms in total. The molecule has 0 radical (unpaired) electrons. The smallest absolute Gasteiger partial charge is 0.275 e. The van der Waals surface area contributed by atoms with Gasteiger partial charge in [-0.15, -0.1) is 0 Å². The van der Waals surface area contributed by atoms with Crippen LogP contribution in [-0.2, 0) is 20.9 Å². The average Bonchev–Trinajstić information content (AvgIpc) is 3.20. The summed E-state index contributed by atoms with van der Waals surface area (Å²) in [6.45, 7) is 6.02. The maximum absolute atomic E-state index is 12.6. The van der Waals surface area contributed by atoms with Gasteiger partial charge in [-0.05, 0) is 57.2 Å². The van der Waals surface area contributed by atoms with Crippen molar-refractivity contribution in [3.05, 3.63) is 23.7 Å². The van der Waals surface area contributed by atoms with Crippen LogP contribution < -0.4 is 0 Å². The molecule has 0 saturated carbocycles. The molecule has 4 rings (SSSR count). The molecule has 0 aliphatic carbocycles. The second-order valence-electron chi connectivity index (χ2n) is 7.18. The Hall–Kier alpha value is -1.37. The third-order valence-corrected chi connectivity index (χ3v) is 5.34. The van der Waals surface area contributed by atoms with E-state index in [1.54, 1.807) is 0 Å². The molecule has 0 unspecified atom stereocenters. The Morgan fingerprint density at radius 3 is 2.96 bits per heavy atom. The van der Waals surface area contributed by atoms with Crippen LogP contribution in [0.5, 0.6) is 0 Å². The van der Waals surface area contributed by atoms with E-state index in [1.807, 2.05) is 19.1 Å². The largest absolute Gasteiger partial charge is 0.465 e. The molecule has 3 aliphatic heterocycles. The Balaban J connectivity index is 1.32. The molecule has 1 aromatic rings. The van der Waals surface area contributed by atoms with E-state index >= 15 is 0 Å². The highest BCUT2D eigenvalue weighted by atomic mass is 16.7. The molecule has 6 heteroatoms. The van der Waals surface area contributed by atoms with Gasteiger partial charge in [-0.25, -0.2) is 5.06 Å². The fourth-order valence-electron chi connectivity index (χ4n) is 4.02. The number of likely N-dealkylation sites (tertiary alicyclic amines) is 1. The van der Waals surface area contributed by atoms with Crippen molar-refractivity contribution in [1.29, 1.82) is 0 Å². The molecule has 0 N–H and O–H groups in total. The van der Waals surface area contributed by atoms with Gasteiger partial charge in [-0.3, -0.25) is 14.5 Å². The predicted molar refractivity (Wildman–Crippen MR) is 87.0 cm³/mol. The number of piperidine rings is 1. The first-order chi connectivity index (χ1) is 11.7. The normalized spacial score (nSPS) is 31.2. The molecule has 0 spiro atoms. The molecule has 0 aromatic carbocycles. The lowest BCUT2D eigenvalue weighted by Gasteiger charge is -2.33. The summed E-state index contributed by atoms with van der Waals surface area (Å²) in [5.74, 6) is 2.44. The van der Waals surface area contributed by atoms with Crippen LogP contribution in [0.2, 0.25) is 0 Å². The number of carbonyl (C=O) groups excluding carboxylic acids is 1. The number of fused-ring (bicyclic) bond motifs is 1. The van der Waals surface area contributed by atoms with Crippen LogP contribution >= 0.6 is 0 Å². The lowest BCUT2D eigenvalue weighted by atomic mass is 9.91. The summed E-state index contributed by atoms with van der Waals surface area (Å²) in [7, 11) is 0. The van der Waals surface area contributed by atoms with E-state index in [1.165, 1.54) is 5.06 Å². The van der Waals surface area contributed by atoms with Gasteiger partial charge in [0.15, 0.2) is 0 Å². The van der Waals surface area contributed by atoms with Crippen LogP contribution in [0.15, 0.2) is 16.5 Å². The van der Waals surface area contributed by atoms with Crippen LogP contribution in [0.1, 0.15) is 37.2 Å². The van der Waals surface area contributed by atoms with E-state index < -0.39 is 0 Å². The van der Waals surface area contributed by atoms with Crippen molar-refractivity contribution in [2.75, 3.05) is 26.2 Å².